The number of fused-ring (bicyclic) bond motifs is 5. The summed E-state index contributed by atoms with van der Waals surface area (Å²) in [6, 6.07) is 0. The molecule has 0 aliphatic heterocycles. The third-order valence-corrected chi connectivity index (χ3v) is 9.51. The maximum absolute atomic E-state index is 11.3. The fourth-order valence-electron chi connectivity index (χ4n) is 8.10. The molecule has 4 aliphatic carbocycles. The molecule has 5 N–H and O–H groups in total. The summed E-state index contributed by atoms with van der Waals surface area (Å²) in [7, 11) is 0. The fraction of sp³-hybridized carbons (Fsp3) is 1.00. The second kappa shape index (κ2) is 6.15. The molecule has 5 nitrogen and oxygen atoms in total. The van der Waals surface area contributed by atoms with Gasteiger partial charge in [-0.2, -0.15) is 0 Å². The molecule has 0 aromatic rings. The predicted octanol–water partition coefficient (Wildman–Crippen LogP) is 1.45. The van der Waals surface area contributed by atoms with Crippen LogP contribution in [0.5, 0.6) is 0 Å². The van der Waals surface area contributed by atoms with Gasteiger partial charge in [0.15, 0.2) is 0 Å². The Kier molecular flexibility index (Phi) is 4.52. The van der Waals surface area contributed by atoms with Gasteiger partial charge in [-0.3, -0.25) is 0 Å². The minimum atomic E-state index is -1.32. The molecule has 0 saturated heterocycles. The lowest BCUT2D eigenvalue weighted by atomic mass is 9.43. The number of hydrogen-bond acceptors (Lipinski definition) is 5. The summed E-state index contributed by atoms with van der Waals surface area (Å²) in [6.45, 7) is 3.89. The monoisotopic (exact) mass is 368 g/mol. The van der Waals surface area contributed by atoms with Crippen molar-refractivity contribution in [2.24, 2.45) is 34.5 Å². The smallest absolute Gasteiger partial charge is 0.106 e. The highest BCUT2D eigenvalue weighted by atomic mass is 16.4. The minimum Gasteiger partial charge on any atom is -0.394 e. The highest BCUT2D eigenvalue weighted by Crippen LogP contribution is 2.68. The van der Waals surface area contributed by atoms with Crippen LogP contribution in [0.4, 0.5) is 0 Å². The van der Waals surface area contributed by atoms with Crippen LogP contribution in [-0.4, -0.2) is 56.1 Å². The zero-order valence-corrected chi connectivity index (χ0v) is 16.1. The van der Waals surface area contributed by atoms with Gasteiger partial charge in [-0.1, -0.05) is 13.8 Å². The third-order valence-electron chi connectivity index (χ3n) is 9.51. The van der Waals surface area contributed by atoms with E-state index in [2.05, 4.69) is 6.92 Å². The average molecular weight is 369 g/mol. The molecular formula is C21H36O5. The highest BCUT2D eigenvalue weighted by molar-refractivity contribution is 5.17. The normalized spacial score (nSPS) is 57.8. The van der Waals surface area contributed by atoms with Crippen molar-refractivity contribution in [2.45, 2.75) is 89.1 Å². The number of rotatable bonds is 2. The van der Waals surface area contributed by atoms with Crippen LogP contribution in [-0.2, 0) is 0 Å². The second-order valence-corrected chi connectivity index (χ2v) is 10.4. The molecule has 0 aromatic carbocycles. The van der Waals surface area contributed by atoms with Crippen LogP contribution in [0.1, 0.15) is 65.2 Å². The van der Waals surface area contributed by atoms with E-state index in [0.29, 0.717) is 24.7 Å². The maximum atomic E-state index is 11.3. The van der Waals surface area contributed by atoms with Crippen molar-refractivity contribution in [1.29, 1.82) is 0 Å². The van der Waals surface area contributed by atoms with Crippen LogP contribution in [0.25, 0.3) is 0 Å². The zero-order valence-electron chi connectivity index (χ0n) is 16.1. The molecular weight excluding hydrogens is 332 g/mol. The molecule has 0 aromatic heterocycles. The van der Waals surface area contributed by atoms with E-state index in [1.807, 2.05) is 6.92 Å². The molecule has 0 radical (unpaired) electrons. The van der Waals surface area contributed by atoms with E-state index in [1.165, 1.54) is 0 Å². The predicted molar refractivity (Wildman–Crippen MR) is 97.2 cm³/mol. The molecule has 10 atom stereocenters. The number of aliphatic hydroxyl groups is 5. The Balaban J connectivity index is 1.68. The summed E-state index contributed by atoms with van der Waals surface area (Å²) in [4.78, 5) is 0. The third kappa shape index (κ3) is 2.33. The van der Waals surface area contributed by atoms with Gasteiger partial charge >= 0.3 is 0 Å². The molecule has 4 fully saturated rings. The Morgan fingerprint density at radius 1 is 1.04 bits per heavy atom. The lowest BCUT2D eigenvalue weighted by molar-refractivity contribution is -0.224. The van der Waals surface area contributed by atoms with Crippen molar-refractivity contribution in [3.8, 4) is 0 Å². The molecule has 0 heterocycles. The summed E-state index contributed by atoms with van der Waals surface area (Å²) in [5.41, 5.74) is -1.83. The van der Waals surface area contributed by atoms with Gasteiger partial charge in [0.05, 0.1) is 24.4 Å². The first-order chi connectivity index (χ1) is 12.2. The number of hydrogen-bond donors (Lipinski definition) is 5. The van der Waals surface area contributed by atoms with E-state index in [9.17, 15) is 25.5 Å². The van der Waals surface area contributed by atoms with E-state index >= 15 is 0 Å². The first-order valence-electron chi connectivity index (χ1n) is 10.5. The topological polar surface area (TPSA) is 101 Å². The van der Waals surface area contributed by atoms with Crippen LogP contribution in [0.2, 0.25) is 0 Å². The Labute approximate surface area is 156 Å². The molecule has 5 heteroatoms. The van der Waals surface area contributed by atoms with E-state index in [0.717, 1.165) is 38.5 Å². The van der Waals surface area contributed by atoms with Crippen LogP contribution in [0.3, 0.4) is 0 Å². The van der Waals surface area contributed by atoms with Crippen LogP contribution in [0, 0.1) is 34.5 Å². The summed E-state index contributed by atoms with van der Waals surface area (Å²) in [6.07, 6.45) is 4.70. The molecule has 4 saturated carbocycles. The molecule has 26 heavy (non-hydrogen) atoms. The average Bonchev–Trinajstić information content (AvgIpc) is 2.86. The summed E-state index contributed by atoms with van der Waals surface area (Å²) >= 11 is 0. The van der Waals surface area contributed by atoms with Crippen LogP contribution >= 0.6 is 0 Å². The van der Waals surface area contributed by atoms with Gasteiger partial charge in [-0.05, 0) is 80.5 Å². The van der Waals surface area contributed by atoms with E-state index in [1.54, 1.807) is 0 Å². The molecule has 0 unspecified atom stereocenters. The summed E-state index contributed by atoms with van der Waals surface area (Å²) in [5, 5.41) is 52.5. The van der Waals surface area contributed by atoms with E-state index in [-0.39, 0.29) is 23.4 Å². The van der Waals surface area contributed by atoms with E-state index < -0.39 is 29.8 Å². The summed E-state index contributed by atoms with van der Waals surface area (Å²) in [5.74, 6) is 1.29. The Hall–Kier alpha value is -0.200. The van der Waals surface area contributed by atoms with Crippen molar-refractivity contribution in [3.63, 3.8) is 0 Å². The molecule has 4 rings (SSSR count). The standard InChI is InChI=1S/C21H36O5/c1-19-7-5-13(23)9-12(19)3-4-14-15-6-8-21(26,17(25)11-22)20(15,2)10-16(24)18(14)19/h12-18,22-26H,3-11H2,1-2H3/t12-,13+,14-,15-,16+,17+,18+,19-,20-,21-/m0/s1. The molecule has 4 aliphatic rings. The summed E-state index contributed by atoms with van der Waals surface area (Å²) < 4.78 is 0. The van der Waals surface area contributed by atoms with Gasteiger partial charge in [0.2, 0.25) is 0 Å². The Morgan fingerprint density at radius 3 is 2.46 bits per heavy atom. The van der Waals surface area contributed by atoms with Gasteiger partial charge < -0.3 is 25.5 Å². The Bertz CT molecular complexity index is 555. The Morgan fingerprint density at radius 2 is 1.77 bits per heavy atom. The lowest BCUT2D eigenvalue weighted by Gasteiger charge is -2.63. The first kappa shape index (κ1) is 19.1. The molecule has 150 valence electrons. The highest BCUT2D eigenvalue weighted by Gasteiger charge is 2.68. The second-order valence-electron chi connectivity index (χ2n) is 10.4. The van der Waals surface area contributed by atoms with Gasteiger partial charge in [-0.15, -0.1) is 0 Å². The van der Waals surface area contributed by atoms with Gasteiger partial charge in [-0.25, -0.2) is 0 Å². The quantitative estimate of drug-likeness (QED) is 0.508. The van der Waals surface area contributed by atoms with Crippen molar-refractivity contribution < 1.29 is 25.5 Å². The molecule has 0 bridgehead atoms. The molecule has 0 amide bonds. The number of aliphatic hydroxyl groups excluding tert-OH is 4. The maximum Gasteiger partial charge on any atom is 0.106 e. The molecule has 0 spiro atoms. The van der Waals surface area contributed by atoms with Crippen molar-refractivity contribution >= 4 is 0 Å². The van der Waals surface area contributed by atoms with Gasteiger partial charge in [0.1, 0.15) is 6.10 Å². The van der Waals surface area contributed by atoms with Crippen molar-refractivity contribution in [2.75, 3.05) is 6.61 Å². The minimum absolute atomic E-state index is 0.0548. The van der Waals surface area contributed by atoms with Crippen molar-refractivity contribution in [1.82, 2.24) is 0 Å². The van der Waals surface area contributed by atoms with Gasteiger partial charge in [0.25, 0.3) is 0 Å². The zero-order chi connectivity index (χ0) is 18.9. The van der Waals surface area contributed by atoms with Crippen LogP contribution < -0.4 is 0 Å². The largest absolute Gasteiger partial charge is 0.394 e. The lowest BCUT2D eigenvalue weighted by Crippen LogP contribution is -2.64. The SMILES string of the molecule is C[C@]12CC[C@@H](O)C[C@@H]1CC[C@@H]1[C@@H]2[C@H](O)C[C@@]2(C)[C@H]1CC[C@]2(O)[C@H](O)CO. The first-order valence-corrected chi connectivity index (χ1v) is 10.5. The van der Waals surface area contributed by atoms with Crippen LogP contribution in [0.15, 0.2) is 0 Å². The fourth-order valence-corrected chi connectivity index (χ4v) is 8.10. The van der Waals surface area contributed by atoms with Gasteiger partial charge in [0, 0.05) is 5.41 Å². The van der Waals surface area contributed by atoms with E-state index in [4.69, 9.17) is 0 Å². The van der Waals surface area contributed by atoms with Crippen molar-refractivity contribution in [3.05, 3.63) is 0 Å².